The molecule has 0 fully saturated rings. The molecule has 0 aliphatic heterocycles. The minimum atomic E-state index is 0.358. The molecule has 0 aromatic heterocycles. The van der Waals surface area contributed by atoms with Crippen LogP contribution in [-0.4, -0.2) is 11.7 Å². The molecule has 0 aliphatic rings. The van der Waals surface area contributed by atoms with E-state index in [1.54, 1.807) is 0 Å². The molecule has 0 bridgehead atoms. The van der Waals surface area contributed by atoms with Gasteiger partial charge < -0.3 is 5.11 Å². The molecule has 0 rings (SSSR count). The van der Waals surface area contributed by atoms with Crippen molar-refractivity contribution in [2.75, 3.05) is 6.61 Å². The van der Waals surface area contributed by atoms with Gasteiger partial charge in [0.1, 0.15) is 0 Å². The first-order valence-corrected chi connectivity index (χ1v) is 7.29. The van der Waals surface area contributed by atoms with Gasteiger partial charge >= 0.3 is 0 Å². The zero-order chi connectivity index (χ0) is 12.3. The third-order valence-corrected chi connectivity index (χ3v) is 3.71. The van der Waals surface area contributed by atoms with E-state index in [1.807, 2.05) is 0 Å². The maximum absolute atomic E-state index is 8.97. The van der Waals surface area contributed by atoms with Gasteiger partial charge in [-0.05, 0) is 31.1 Å². The Morgan fingerprint density at radius 3 is 1.56 bits per heavy atom. The van der Waals surface area contributed by atoms with Gasteiger partial charge in [0.25, 0.3) is 0 Å². The van der Waals surface area contributed by atoms with E-state index in [9.17, 15) is 0 Å². The van der Waals surface area contributed by atoms with E-state index in [1.165, 1.54) is 57.8 Å². The standard InChI is InChI=1S/C15H32O/c1-4-6-8-11-15(3,13-10-14-16)12-9-7-5-2/h16H,4-14H2,1-3H3. The summed E-state index contributed by atoms with van der Waals surface area (Å²) < 4.78 is 0. The summed E-state index contributed by atoms with van der Waals surface area (Å²) in [5.74, 6) is 0. The van der Waals surface area contributed by atoms with E-state index in [-0.39, 0.29) is 0 Å². The van der Waals surface area contributed by atoms with E-state index in [0.29, 0.717) is 12.0 Å². The molecule has 98 valence electrons. The van der Waals surface area contributed by atoms with Crippen molar-refractivity contribution in [2.24, 2.45) is 5.41 Å². The van der Waals surface area contributed by atoms with Crippen molar-refractivity contribution < 1.29 is 5.11 Å². The largest absolute Gasteiger partial charge is 0.396 e. The summed E-state index contributed by atoms with van der Waals surface area (Å²) in [6.07, 6.45) is 13.0. The Bertz CT molecular complexity index is 132. The average molecular weight is 228 g/mol. The quantitative estimate of drug-likeness (QED) is 0.497. The molecule has 0 spiro atoms. The first-order chi connectivity index (χ1) is 7.68. The summed E-state index contributed by atoms with van der Waals surface area (Å²) in [5, 5.41) is 8.97. The van der Waals surface area contributed by atoms with Crippen LogP contribution in [0.15, 0.2) is 0 Å². The van der Waals surface area contributed by atoms with Gasteiger partial charge in [0, 0.05) is 6.61 Å². The summed E-state index contributed by atoms with van der Waals surface area (Å²) in [7, 11) is 0. The van der Waals surface area contributed by atoms with Crippen molar-refractivity contribution in [1.29, 1.82) is 0 Å². The number of hydrogen-bond acceptors (Lipinski definition) is 1. The van der Waals surface area contributed by atoms with Crippen LogP contribution in [0.2, 0.25) is 0 Å². The van der Waals surface area contributed by atoms with Crippen LogP contribution in [0.4, 0.5) is 0 Å². The van der Waals surface area contributed by atoms with Crippen LogP contribution in [0, 0.1) is 5.41 Å². The predicted octanol–water partition coefficient (Wildman–Crippen LogP) is 4.93. The highest BCUT2D eigenvalue weighted by Gasteiger charge is 2.22. The molecular formula is C15H32O. The van der Waals surface area contributed by atoms with E-state index in [0.717, 1.165) is 6.42 Å². The van der Waals surface area contributed by atoms with Crippen LogP contribution < -0.4 is 0 Å². The number of hydrogen-bond donors (Lipinski definition) is 1. The molecule has 1 nitrogen and oxygen atoms in total. The molecule has 0 saturated carbocycles. The van der Waals surface area contributed by atoms with Gasteiger partial charge in [0.15, 0.2) is 0 Å². The monoisotopic (exact) mass is 228 g/mol. The highest BCUT2D eigenvalue weighted by Crippen LogP contribution is 2.35. The molecule has 0 unspecified atom stereocenters. The van der Waals surface area contributed by atoms with Gasteiger partial charge in [-0.3, -0.25) is 0 Å². The molecule has 0 aromatic carbocycles. The lowest BCUT2D eigenvalue weighted by Gasteiger charge is -2.30. The lowest BCUT2D eigenvalue weighted by Crippen LogP contribution is -2.17. The molecule has 0 saturated heterocycles. The van der Waals surface area contributed by atoms with Crippen LogP contribution in [0.5, 0.6) is 0 Å². The molecular weight excluding hydrogens is 196 g/mol. The lowest BCUT2D eigenvalue weighted by molar-refractivity contribution is 0.195. The second-order valence-electron chi connectivity index (χ2n) is 5.55. The predicted molar refractivity (Wildman–Crippen MR) is 72.7 cm³/mol. The maximum atomic E-state index is 8.97. The number of unbranched alkanes of at least 4 members (excludes halogenated alkanes) is 4. The van der Waals surface area contributed by atoms with E-state index < -0.39 is 0 Å². The second-order valence-corrected chi connectivity index (χ2v) is 5.55. The molecule has 0 aromatic rings. The Kier molecular flexibility index (Phi) is 10.1. The van der Waals surface area contributed by atoms with Crippen LogP contribution >= 0.6 is 0 Å². The van der Waals surface area contributed by atoms with Gasteiger partial charge in [-0.25, -0.2) is 0 Å². The molecule has 0 aliphatic carbocycles. The zero-order valence-electron chi connectivity index (χ0n) is 11.7. The zero-order valence-corrected chi connectivity index (χ0v) is 11.7. The third kappa shape index (κ3) is 8.15. The summed E-state index contributed by atoms with van der Waals surface area (Å²) in [6, 6.07) is 0. The number of rotatable bonds is 11. The fourth-order valence-corrected chi connectivity index (χ4v) is 2.48. The third-order valence-electron chi connectivity index (χ3n) is 3.71. The normalized spacial score (nSPS) is 12.0. The molecule has 0 heterocycles. The smallest absolute Gasteiger partial charge is 0.0431 e. The van der Waals surface area contributed by atoms with Gasteiger partial charge in [0.2, 0.25) is 0 Å². The Balaban J connectivity index is 3.91. The van der Waals surface area contributed by atoms with Crippen molar-refractivity contribution in [3.8, 4) is 0 Å². The highest BCUT2D eigenvalue weighted by atomic mass is 16.2. The first-order valence-electron chi connectivity index (χ1n) is 7.29. The molecule has 0 atom stereocenters. The Hall–Kier alpha value is -0.0400. The van der Waals surface area contributed by atoms with Gasteiger partial charge in [-0.15, -0.1) is 0 Å². The number of aliphatic hydroxyl groups excluding tert-OH is 1. The maximum Gasteiger partial charge on any atom is 0.0431 e. The van der Waals surface area contributed by atoms with Gasteiger partial charge in [-0.2, -0.15) is 0 Å². The van der Waals surface area contributed by atoms with Crippen molar-refractivity contribution in [3.63, 3.8) is 0 Å². The Morgan fingerprint density at radius 2 is 1.19 bits per heavy atom. The van der Waals surface area contributed by atoms with Crippen molar-refractivity contribution in [3.05, 3.63) is 0 Å². The Morgan fingerprint density at radius 1 is 0.750 bits per heavy atom. The summed E-state index contributed by atoms with van der Waals surface area (Å²) in [4.78, 5) is 0. The van der Waals surface area contributed by atoms with Crippen LogP contribution in [0.1, 0.15) is 85.0 Å². The van der Waals surface area contributed by atoms with Crippen LogP contribution in [-0.2, 0) is 0 Å². The minimum absolute atomic E-state index is 0.358. The van der Waals surface area contributed by atoms with Crippen molar-refractivity contribution >= 4 is 0 Å². The fourth-order valence-electron chi connectivity index (χ4n) is 2.48. The molecule has 0 radical (unpaired) electrons. The van der Waals surface area contributed by atoms with Gasteiger partial charge in [-0.1, -0.05) is 59.3 Å². The van der Waals surface area contributed by atoms with Crippen LogP contribution in [0.3, 0.4) is 0 Å². The minimum Gasteiger partial charge on any atom is -0.396 e. The number of aliphatic hydroxyl groups is 1. The second kappa shape index (κ2) is 10.1. The molecule has 1 N–H and O–H groups in total. The topological polar surface area (TPSA) is 20.2 Å². The molecule has 0 amide bonds. The fraction of sp³-hybridized carbons (Fsp3) is 1.00. The lowest BCUT2D eigenvalue weighted by atomic mass is 9.76. The van der Waals surface area contributed by atoms with Crippen molar-refractivity contribution in [2.45, 2.75) is 85.0 Å². The molecule has 16 heavy (non-hydrogen) atoms. The highest BCUT2D eigenvalue weighted by molar-refractivity contribution is 4.74. The summed E-state index contributed by atoms with van der Waals surface area (Å²) in [6.45, 7) is 7.31. The van der Waals surface area contributed by atoms with E-state index in [4.69, 9.17) is 5.11 Å². The SMILES string of the molecule is CCCCCC(C)(CCCO)CCCCC. The summed E-state index contributed by atoms with van der Waals surface area (Å²) >= 11 is 0. The first kappa shape index (κ1) is 16.0. The Labute approximate surface area is 103 Å². The summed E-state index contributed by atoms with van der Waals surface area (Å²) in [5.41, 5.74) is 0.493. The average Bonchev–Trinajstić information content (AvgIpc) is 2.27. The van der Waals surface area contributed by atoms with E-state index >= 15 is 0 Å². The van der Waals surface area contributed by atoms with Crippen LogP contribution in [0.25, 0.3) is 0 Å². The molecule has 1 heteroatoms. The van der Waals surface area contributed by atoms with E-state index in [2.05, 4.69) is 20.8 Å². The van der Waals surface area contributed by atoms with Crippen molar-refractivity contribution in [1.82, 2.24) is 0 Å². The van der Waals surface area contributed by atoms with Gasteiger partial charge in [0.05, 0.1) is 0 Å².